The second-order valence-corrected chi connectivity index (χ2v) is 9.94. The molecule has 0 spiro atoms. The Morgan fingerprint density at radius 2 is 1.74 bits per heavy atom. The third-order valence-corrected chi connectivity index (χ3v) is 7.64. The van der Waals surface area contributed by atoms with Crippen molar-refractivity contribution in [3.8, 4) is 22.8 Å². The third kappa shape index (κ3) is 3.02. The van der Waals surface area contributed by atoms with Gasteiger partial charge in [-0.3, -0.25) is 0 Å². The first-order chi connectivity index (χ1) is 16.8. The normalized spacial score (nSPS) is 26.0. The lowest BCUT2D eigenvalue weighted by Gasteiger charge is -2.08. The van der Waals surface area contributed by atoms with Crippen LogP contribution in [0.25, 0.3) is 44.8 Å². The fourth-order valence-corrected chi connectivity index (χ4v) is 5.66. The number of oxazole rings is 1. The van der Waals surface area contributed by atoms with Gasteiger partial charge in [0.15, 0.2) is 5.76 Å². The molecule has 0 unspecified atom stereocenters. The number of piperidine rings is 1. The van der Waals surface area contributed by atoms with Gasteiger partial charge < -0.3 is 25.0 Å². The smallest absolute Gasteiger partial charge is 0.226 e. The molecule has 4 N–H and O–H groups in total. The largest absolute Gasteiger partial charge is 0.436 e. The summed E-state index contributed by atoms with van der Waals surface area (Å²) in [5.41, 5.74) is 5.89. The van der Waals surface area contributed by atoms with Gasteiger partial charge in [0.1, 0.15) is 11.6 Å². The summed E-state index contributed by atoms with van der Waals surface area (Å²) in [5.74, 6) is 4.23. The van der Waals surface area contributed by atoms with Crippen molar-refractivity contribution in [1.82, 2.24) is 35.6 Å². The van der Waals surface area contributed by atoms with Crippen molar-refractivity contribution in [3.05, 3.63) is 54.2 Å². The van der Waals surface area contributed by atoms with E-state index in [2.05, 4.69) is 49.9 Å². The molecule has 2 aromatic carbocycles. The first-order valence-electron chi connectivity index (χ1n) is 12.2. The molecule has 5 heterocycles. The summed E-state index contributed by atoms with van der Waals surface area (Å²) in [5, 5.41) is 7.17. The van der Waals surface area contributed by atoms with Crippen LogP contribution in [0.2, 0.25) is 0 Å². The van der Waals surface area contributed by atoms with Gasteiger partial charge in [-0.2, -0.15) is 0 Å². The van der Waals surface area contributed by atoms with E-state index in [1.54, 1.807) is 6.20 Å². The van der Waals surface area contributed by atoms with Gasteiger partial charge in [-0.05, 0) is 74.5 Å². The van der Waals surface area contributed by atoms with Gasteiger partial charge in [-0.25, -0.2) is 15.0 Å². The van der Waals surface area contributed by atoms with Crippen molar-refractivity contribution in [2.75, 3.05) is 6.54 Å². The van der Waals surface area contributed by atoms with Crippen molar-refractivity contribution in [1.29, 1.82) is 0 Å². The number of aromatic nitrogens is 5. The molecule has 1 saturated carbocycles. The molecule has 8 nitrogen and oxygen atoms in total. The molecule has 3 aromatic heterocycles. The van der Waals surface area contributed by atoms with E-state index >= 15 is 0 Å². The summed E-state index contributed by atoms with van der Waals surface area (Å²) in [6.45, 7) is 1.05. The topological polar surface area (TPSA) is 107 Å². The molecule has 2 saturated heterocycles. The van der Waals surface area contributed by atoms with E-state index in [-0.39, 0.29) is 0 Å². The average Bonchev–Trinajstić information content (AvgIpc) is 3.52. The highest BCUT2D eigenvalue weighted by Gasteiger charge is 2.46. The number of rotatable bonds is 4. The zero-order chi connectivity index (χ0) is 22.2. The van der Waals surface area contributed by atoms with Gasteiger partial charge in [0.25, 0.3) is 0 Å². The molecule has 5 aromatic rings. The Balaban J connectivity index is 1.08. The van der Waals surface area contributed by atoms with E-state index in [1.807, 2.05) is 12.1 Å². The highest BCUT2D eigenvalue weighted by molar-refractivity contribution is 5.82. The summed E-state index contributed by atoms with van der Waals surface area (Å²) in [4.78, 5) is 21.2. The molecular formula is C26H25N7O. The standard InChI is InChI=1S/C26H25N7O/c1-2-18(27-7-1)24-30-16-5-3-13(8-20(16)32-24)23-12-28-26(34-23)14-4-6-17-21(9-14)33-25(31-17)22-11-15-10-19(15)29-22/h3-6,8-9,12,15,18-19,22,27,29H,1-2,7,10-11H2,(H,30,32)(H,31,33)/t15-,18-,19-,22-/m0/s1. The third-order valence-electron chi connectivity index (χ3n) is 7.64. The van der Waals surface area contributed by atoms with Crippen molar-refractivity contribution in [2.24, 2.45) is 5.92 Å². The Morgan fingerprint density at radius 3 is 2.62 bits per heavy atom. The molecular weight excluding hydrogens is 426 g/mol. The molecule has 8 rings (SSSR count). The Bertz CT molecular complexity index is 1530. The van der Waals surface area contributed by atoms with E-state index in [1.165, 1.54) is 19.3 Å². The number of nitrogens with zero attached hydrogens (tertiary/aromatic N) is 3. The first-order valence-corrected chi connectivity index (χ1v) is 12.2. The van der Waals surface area contributed by atoms with Crippen molar-refractivity contribution in [2.45, 2.75) is 43.8 Å². The molecule has 0 bridgehead atoms. The van der Waals surface area contributed by atoms with E-state index < -0.39 is 0 Å². The van der Waals surface area contributed by atoms with Crippen LogP contribution in [-0.4, -0.2) is 37.5 Å². The summed E-state index contributed by atoms with van der Waals surface area (Å²) >= 11 is 0. The molecule has 170 valence electrons. The Labute approximate surface area is 195 Å². The van der Waals surface area contributed by atoms with Crippen LogP contribution in [0.5, 0.6) is 0 Å². The number of hydrogen-bond donors (Lipinski definition) is 4. The Kier molecular flexibility index (Phi) is 3.89. The zero-order valence-corrected chi connectivity index (χ0v) is 18.6. The number of H-pyrrole nitrogens is 2. The van der Waals surface area contributed by atoms with Crippen LogP contribution in [-0.2, 0) is 0 Å². The van der Waals surface area contributed by atoms with E-state index in [4.69, 9.17) is 14.4 Å². The van der Waals surface area contributed by atoms with Crippen LogP contribution < -0.4 is 10.6 Å². The summed E-state index contributed by atoms with van der Waals surface area (Å²) in [7, 11) is 0. The highest BCUT2D eigenvalue weighted by atomic mass is 16.4. The Morgan fingerprint density at radius 1 is 0.853 bits per heavy atom. The van der Waals surface area contributed by atoms with Crippen LogP contribution in [0.1, 0.15) is 49.4 Å². The van der Waals surface area contributed by atoms with Crippen LogP contribution >= 0.6 is 0 Å². The van der Waals surface area contributed by atoms with E-state index in [0.29, 0.717) is 24.0 Å². The molecule has 3 aliphatic rings. The number of nitrogens with one attached hydrogen (secondary N) is 4. The lowest BCUT2D eigenvalue weighted by molar-refractivity contribution is 0.544. The van der Waals surface area contributed by atoms with Crippen molar-refractivity contribution < 1.29 is 4.42 Å². The fraction of sp³-hybridized carbons (Fsp3) is 0.346. The Hall–Kier alpha value is -3.49. The van der Waals surface area contributed by atoms with Crippen LogP contribution in [0.3, 0.4) is 0 Å². The lowest BCUT2D eigenvalue weighted by atomic mass is 10.1. The first kappa shape index (κ1) is 18.9. The highest BCUT2D eigenvalue weighted by Crippen LogP contribution is 2.45. The van der Waals surface area contributed by atoms with Crippen LogP contribution in [0.4, 0.5) is 0 Å². The molecule has 0 radical (unpaired) electrons. The van der Waals surface area contributed by atoms with Crippen molar-refractivity contribution >= 4 is 22.1 Å². The molecule has 2 aliphatic heterocycles. The van der Waals surface area contributed by atoms with E-state index in [0.717, 1.165) is 69.5 Å². The molecule has 3 fully saturated rings. The maximum Gasteiger partial charge on any atom is 0.226 e. The quantitative estimate of drug-likeness (QED) is 0.318. The van der Waals surface area contributed by atoms with E-state index in [9.17, 15) is 0 Å². The number of aromatic amines is 2. The summed E-state index contributed by atoms with van der Waals surface area (Å²) in [6.07, 6.45) is 6.61. The second kappa shape index (κ2) is 7.01. The minimum absolute atomic E-state index is 0.320. The second-order valence-electron chi connectivity index (χ2n) is 9.94. The number of imidazole rings is 2. The fourth-order valence-electron chi connectivity index (χ4n) is 5.66. The number of fused-ring (bicyclic) bond motifs is 3. The molecule has 34 heavy (non-hydrogen) atoms. The molecule has 1 aliphatic carbocycles. The maximum absolute atomic E-state index is 6.18. The van der Waals surface area contributed by atoms with Gasteiger partial charge in [0.2, 0.25) is 5.89 Å². The predicted molar refractivity (Wildman–Crippen MR) is 129 cm³/mol. The van der Waals surface area contributed by atoms with Crippen LogP contribution in [0.15, 0.2) is 47.0 Å². The monoisotopic (exact) mass is 451 g/mol. The number of hydrogen-bond acceptors (Lipinski definition) is 6. The minimum Gasteiger partial charge on any atom is -0.436 e. The zero-order valence-electron chi connectivity index (χ0n) is 18.6. The molecule has 4 atom stereocenters. The molecule has 8 heteroatoms. The maximum atomic E-state index is 6.18. The lowest BCUT2D eigenvalue weighted by Crippen LogP contribution is -2.18. The average molecular weight is 452 g/mol. The summed E-state index contributed by atoms with van der Waals surface area (Å²) in [6, 6.07) is 13.7. The molecule has 0 amide bonds. The summed E-state index contributed by atoms with van der Waals surface area (Å²) < 4.78 is 6.18. The van der Waals surface area contributed by atoms with Gasteiger partial charge >= 0.3 is 0 Å². The number of benzene rings is 2. The SMILES string of the molecule is c1cc2[nH]c([C@@H]3CCCN3)nc2cc1-c1cnc(-c2ccc3nc([C@@H]4C[C@@H]5C[C@@H]5N4)[nH]c3c2)o1. The van der Waals surface area contributed by atoms with Crippen molar-refractivity contribution in [3.63, 3.8) is 0 Å². The van der Waals surface area contributed by atoms with Gasteiger partial charge in [-0.1, -0.05) is 0 Å². The van der Waals surface area contributed by atoms with Gasteiger partial charge in [-0.15, -0.1) is 0 Å². The van der Waals surface area contributed by atoms with Gasteiger partial charge in [0.05, 0.1) is 40.3 Å². The van der Waals surface area contributed by atoms with Crippen LogP contribution in [0, 0.1) is 5.92 Å². The minimum atomic E-state index is 0.320. The van der Waals surface area contributed by atoms with Gasteiger partial charge in [0, 0.05) is 17.2 Å². The predicted octanol–water partition coefficient (Wildman–Crippen LogP) is 4.61.